The fraction of sp³-hybridized carbons (Fsp3) is 0. The van der Waals surface area contributed by atoms with Crippen LogP contribution < -0.4 is 29.6 Å². The van der Waals surface area contributed by atoms with Gasteiger partial charge in [-0.1, -0.05) is 0 Å². The number of phenols is 1. The number of hydrogen-bond acceptors (Lipinski definition) is 4. The van der Waals surface area contributed by atoms with Crippen LogP contribution in [0.25, 0.3) is 0 Å². The molecule has 0 unspecified atom stereocenters. The van der Waals surface area contributed by atoms with Gasteiger partial charge >= 0.3 is 29.6 Å². The van der Waals surface area contributed by atoms with E-state index in [0.29, 0.717) is 3.57 Å². The summed E-state index contributed by atoms with van der Waals surface area (Å²) < 4.78 is 31.7. The first-order valence-electron chi connectivity index (χ1n) is 2.85. The molecule has 0 heterocycles. The Labute approximate surface area is 112 Å². The van der Waals surface area contributed by atoms with Crippen LogP contribution in [0.4, 0.5) is 0 Å². The second-order valence-electron chi connectivity index (χ2n) is 2.07. The Morgan fingerprint density at radius 2 is 1.92 bits per heavy atom. The van der Waals surface area contributed by atoms with Gasteiger partial charge in [0, 0.05) is 0 Å². The third-order valence-electron chi connectivity index (χ3n) is 1.21. The molecule has 13 heavy (non-hydrogen) atoms. The number of hydrogen-bond donors (Lipinski definition) is 1. The fourth-order valence-corrected chi connectivity index (χ4v) is 1.87. The summed E-state index contributed by atoms with van der Waals surface area (Å²) in [5.41, 5.74) is 0. The predicted octanol–water partition coefficient (Wildman–Crippen LogP) is -2.10. The van der Waals surface area contributed by atoms with Gasteiger partial charge in [0.2, 0.25) is 0 Å². The fourth-order valence-electron chi connectivity index (χ4n) is 0.643. The van der Waals surface area contributed by atoms with Crippen LogP contribution in [0.1, 0.15) is 0 Å². The van der Waals surface area contributed by atoms with Gasteiger partial charge in [-0.2, -0.15) is 0 Å². The zero-order valence-corrected chi connectivity index (χ0v) is 11.7. The number of phenolic OH excluding ortho intramolecular Hbond substituents is 1. The first-order chi connectivity index (χ1) is 5.41. The molecule has 0 aromatic heterocycles. The van der Waals surface area contributed by atoms with Gasteiger partial charge in [0.25, 0.3) is 0 Å². The Balaban J connectivity index is 0.00000144. The summed E-state index contributed by atoms with van der Waals surface area (Å²) in [6, 6.07) is 3.37. The van der Waals surface area contributed by atoms with Crippen LogP contribution in [0.2, 0.25) is 0 Å². The Morgan fingerprint density at radius 1 is 1.38 bits per heavy atom. The molecule has 0 aliphatic carbocycles. The van der Waals surface area contributed by atoms with Crippen molar-refractivity contribution in [1.82, 2.24) is 0 Å². The number of benzene rings is 1. The minimum atomic E-state index is -4.41. The second-order valence-corrected chi connectivity index (χ2v) is 4.61. The zero-order chi connectivity index (χ0) is 9.35. The van der Waals surface area contributed by atoms with E-state index >= 15 is 0 Å². The quantitative estimate of drug-likeness (QED) is 0.365. The number of rotatable bonds is 1. The summed E-state index contributed by atoms with van der Waals surface area (Å²) in [7, 11) is -4.41. The molecule has 0 spiro atoms. The molecular weight excluding hydrogens is 318 g/mol. The van der Waals surface area contributed by atoms with Crippen molar-refractivity contribution < 1.29 is 47.6 Å². The van der Waals surface area contributed by atoms with Gasteiger partial charge in [-0.05, 0) is 40.8 Å². The molecule has 1 rings (SSSR count). The summed E-state index contributed by atoms with van der Waals surface area (Å²) in [5, 5.41) is 9.01. The topological polar surface area (TPSA) is 77.4 Å². The van der Waals surface area contributed by atoms with Crippen LogP contribution >= 0.6 is 22.6 Å². The molecule has 1 aromatic rings. The van der Waals surface area contributed by atoms with E-state index < -0.39 is 10.1 Å². The van der Waals surface area contributed by atoms with Crippen LogP contribution in [0, 0.1) is 3.57 Å². The summed E-state index contributed by atoms with van der Waals surface area (Å²) in [4.78, 5) is -0.329. The molecule has 0 saturated carbocycles. The summed E-state index contributed by atoms with van der Waals surface area (Å²) in [5.74, 6) is -0.0389. The standard InChI is InChI=1S/C6H5IO4S.Na/c7-5-3-4(12(9,10)11)1-2-6(5)8;/h1-3,8H,(H,9,10,11);/q;+1/p-1. The van der Waals surface area contributed by atoms with E-state index in [1.165, 1.54) is 6.07 Å². The Morgan fingerprint density at radius 3 is 2.31 bits per heavy atom. The first-order valence-corrected chi connectivity index (χ1v) is 5.34. The van der Waals surface area contributed by atoms with Crippen molar-refractivity contribution in [2.75, 3.05) is 0 Å². The maximum atomic E-state index is 10.5. The average molecular weight is 322 g/mol. The van der Waals surface area contributed by atoms with Crippen molar-refractivity contribution in [3.8, 4) is 5.75 Å². The van der Waals surface area contributed by atoms with Gasteiger partial charge in [0.1, 0.15) is 15.9 Å². The van der Waals surface area contributed by atoms with Crippen LogP contribution in [0.15, 0.2) is 23.1 Å². The van der Waals surface area contributed by atoms with Crippen molar-refractivity contribution in [1.29, 1.82) is 0 Å². The molecule has 1 N–H and O–H groups in total. The molecule has 0 aliphatic heterocycles. The smallest absolute Gasteiger partial charge is 0.744 e. The van der Waals surface area contributed by atoms with E-state index in [2.05, 4.69) is 0 Å². The Bertz CT molecular complexity index is 403. The van der Waals surface area contributed by atoms with Crippen molar-refractivity contribution in [2.24, 2.45) is 0 Å². The SMILES string of the molecule is O=S(=O)([O-])c1ccc(O)c(I)c1.[Na+]. The van der Waals surface area contributed by atoms with Crippen LogP contribution in [-0.2, 0) is 10.1 Å². The molecule has 0 bridgehead atoms. The minimum absolute atomic E-state index is 0. The van der Waals surface area contributed by atoms with E-state index in [1.54, 1.807) is 22.6 Å². The molecule has 0 atom stereocenters. The molecule has 0 radical (unpaired) electrons. The first kappa shape index (κ1) is 13.7. The van der Waals surface area contributed by atoms with E-state index in [-0.39, 0.29) is 40.2 Å². The third kappa shape index (κ3) is 3.72. The van der Waals surface area contributed by atoms with Gasteiger partial charge in [-0.3, -0.25) is 0 Å². The van der Waals surface area contributed by atoms with Gasteiger partial charge in [0.05, 0.1) is 8.47 Å². The third-order valence-corrected chi connectivity index (χ3v) is 2.90. The number of aromatic hydroxyl groups is 1. The normalized spacial score (nSPS) is 10.6. The largest absolute Gasteiger partial charge is 1.00 e. The molecule has 0 aliphatic rings. The van der Waals surface area contributed by atoms with E-state index in [4.69, 9.17) is 5.11 Å². The van der Waals surface area contributed by atoms with E-state index in [9.17, 15) is 13.0 Å². The van der Waals surface area contributed by atoms with E-state index in [1.807, 2.05) is 0 Å². The number of halogens is 1. The summed E-state index contributed by atoms with van der Waals surface area (Å²) in [6.45, 7) is 0. The zero-order valence-electron chi connectivity index (χ0n) is 6.69. The summed E-state index contributed by atoms with van der Waals surface area (Å²) >= 11 is 1.74. The second kappa shape index (κ2) is 4.94. The van der Waals surface area contributed by atoms with Crippen LogP contribution in [0.3, 0.4) is 0 Å². The van der Waals surface area contributed by atoms with Crippen LogP contribution in [0.5, 0.6) is 5.75 Å². The summed E-state index contributed by atoms with van der Waals surface area (Å²) in [6.07, 6.45) is 0. The van der Waals surface area contributed by atoms with Crippen LogP contribution in [-0.4, -0.2) is 18.1 Å². The molecule has 4 nitrogen and oxygen atoms in total. The Hall–Kier alpha value is 0.660. The predicted molar refractivity (Wildman–Crippen MR) is 48.8 cm³/mol. The molecule has 0 saturated heterocycles. The van der Waals surface area contributed by atoms with Crippen molar-refractivity contribution in [2.45, 2.75) is 4.90 Å². The monoisotopic (exact) mass is 322 g/mol. The van der Waals surface area contributed by atoms with Gasteiger partial charge in [-0.25, -0.2) is 8.42 Å². The molecular formula is C6H4INaO4S. The Kier molecular flexibility index (Phi) is 5.19. The molecule has 0 fully saturated rings. The molecule has 7 heteroatoms. The maximum Gasteiger partial charge on any atom is 1.00 e. The van der Waals surface area contributed by atoms with Gasteiger partial charge < -0.3 is 9.66 Å². The maximum absolute atomic E-state index is 10.5. The molecule has 0 amide bonds. The average Bonchev–Trinajstić information content (AvgIpc) is 1.92. The molecule has 66 valence electrons. The van der Waals surface area contributed by atoms with Gasteiger partial charge in [0.15, 0.2) is 0 Å². The molecule has 1 aromatic carbocycles. The van der Waals surface area contributed by atoms with Crippen molar-refractivity contribution in [3.05, 3.63) is 21.8 Å². The van der Waals surface area contributed by atoms with Crippen molar-refractivity contribution >= 4 is 32.7 Å². The van der Waals surface area contributed by atoms with Gasteiger partial charge in [-0.15, -0.1) is 0 Å². The minimum Gasteiger partial charge on any atom is -0.744 e. The van der Waals surface area contributed by atoms with E-state index in [0.717, 1.165) is 12.1 Å². The van der Waals surface area contributed by atoms with Crippen molar-refractivity contribution in [3.63, 3.8) is 0 Å².